The van der Waals surface area contributed by atoms with Crippen molar-refractivity contribution >= 4 is 41.9 Å². The van der Waals surface area contributed by atoms with Gasteiger partial charge in [-0.15, -0.1) is 0 Å². The van der Waals surface area contributed by atoms with E-state index in [-0.39, 0.29) is 23.9 Å². The van der Waals surface area contributed by atoms with Gasteiger partial charge in [0.25, 0.3) is 5.91 Å². The minimum Gasteiger partial charge on any atom is -0.444 e. The van der Waals surface area contributed by atoms with Gasteiger partial charge in [-0.2, -0.15) is 12.6 Å². The van der Waals surface area contributed by atoms with Crippen LogP contribution in [0, 0.1) is 0 Å². The minimum absolute atomic E-state index is 0.00902. The second-order valence-corrected chi connectivity index (χ2v) is 9.73. The molecule has 1 aliphatic rings. The van der Waals surface area contributed by atoms with Crippen molar-refractivity contribution in [1.82, 2.24) is 15.5 Å². The fourth-order valence-electron chi connectivity index (χ4n) is 3.30. The molecule has 1 aromatic carbocycles. The van der Waals surface area contributed by atoms with Crippen LogP contribution in [-0.2, 0) is 9.53 Å². The summed E-state index contributed by atoms with van der Waals surface area (Å²) in [5.41, 5.74) is 6.85. The number of thiol groups is 1. The first-order valence-electron chi connectivity index (χ1n) is 10.8. The summed E-state index contributed by atoms with van der Waals surface area (Å²) in [5.74, 6) is -0.688. The highest BCUT2D eigenvalue weighted by atomic mass is 32.1. The number of carbonyl (C=O) groups excluding carboxylic acids is 3. The summed E-state index contributed by atoms with van der Waals surface area (Å²) in [7, 11) is 0. The van der Waals surface area contributed by atoms with Crippen molar-refractivity contribution in [2.24, 2.45) is 0 Å². The van der Waals surface area contributed by atoms with Crippen LogP contribution >= 0.6 is 12.6 Å². The Labute approximate surface area is 195 Å². The second-order valence-electron chi connectivity index (χ2n) is 9.13. The van der Waals surface area contributed by atoms with E-state index in [4.69, 9.17) is 10.5 Å². The number of hydrogen-bond acceptors (Lipinski definition) is 7. The second kappa shape index (κ2) is 10.8. The van der Waals surface area contributed by atoms with Gasteiger partial charge in [0.15, 0.2) is 0 Å². The summed E-state index contributed by atoms with van der Waals surface area (Å²) in [6, 6.07) is 5.20. The Kier molecular flexibility index (Phi) is 8.65. The molecule has 1 unspecified atom stereocenters. The Morgan fingerprint density at radius 1 is 1.25 bits per heavy atom. The van der Waals surface area contributed by atoms with Gasteiger partial charge in [0.2, 0.25) is 5.91 Å². The number of nitrogens with two attached hydrogens (primary N) is 1. The van der Waals surface area contributed by atoms with Gasteiger partial charge in [0.05, 0.1) is 17.5 Å². The van der Waals surface area contributed by atoms with Crippen molar-refractivity contribution in [3.63, 3.8) is 0 Å². The molecule has 0 aromatic heterocycles. The largest absolute Gasteiger partial charge is 0.444 e. The maximum absolute atomic E-state index is 12.6. The number of rotatable bonds is 5. The van der Waals surface area contributed by atoms with Crippen LogP contribution < -0.4 is 21.3 Å². The average molecular weight is 466 g/mol. The van der Waals surface area contributed by atoms with Crippen molar-refractivity contribution in [2.45, 2.75) is 58.1 Å². The molecule has 1 heterocycles. The van der Waals surface area contributed by atoms with Crippen LogP contribution in [0.5, 0.6) is 0 Å². The zero-order valence-electron chi connectivity index (χ0n) is 19.5. The molecule has 4 N–H and O–H groups in total. The van der Waals surface area contributed by atoms with Crippen molar-refractivity contribution in [1.29, 1.82) is 0 Å². The minimum atomic E-state index is -0.581. The van der Waals surface area contributed by atoms with Crippen LogP contribution in [0.15, 0.2) is 18.2 Å². The van der Waals surface area contributed by atoms with E-state index in [1.807, 2.05) is 40.7 Å². The lowest BCUT2D eigenvalue weighted by Gasteiger charge is -2.31. The number of benzene rings is 1. The van der Waals surface area contributed by atoms with E-state index < -0.39 is 17.6 Å². The first-order chi connectivity index (χ1) is 14.9. The number of anilines is 2. The molecule has 0 radical (unpaired) electrons. The number of nitrogens with one attached hydrogen (secondary N) is 2. The molecular formula is C22H35N5O4S. The standard InChI is InChI=1S/C22H35N5O4S/c1-14(2)25-18(28)12-24-20(29)16-11-15(7-8-17(16)23)26-9-6-10-27(19(32)13-26)21(30)31-22(3,4)5/h7-8,11,14,19,32H,6,9-10,12-13,23H2,1-5H3,(H,24,29)(H,25,28). The monoisotopic (exact) mass is 465 g/mol. The molecule has 2 rings (SSSR count). The van der Waals surface area contributed by atoms with Gasteiger partial charge in [0, 0.05) is 37.1 Å². The number of nitrogens with zero attached hydrogens (tertiary/aromatic N) is 2. The van der Waals surface area contributed by atoms with Crippen molar-refractivity contribution in [3.8, 4) is 0 Å². The van der Waals surface area contributed by atoms with Gasteiger partial charge < -0.3 is 26.0 Å². The van der Waals surface area contributed by atoms with Crippen LogP contribution in [0.25, 0.3) is 0 Å². The maximum Gasteiger partial charge on any atom is 0.411 e. The predicted molar refractivity (Wildman–Crippen MR) is 129 cm³/mol. The molecule has 3 amide bonds. The number of ether oxygens (including phenoxy) is 1. The Morgan fingerprint density at radius 3 is 2.56 bits per heavy atom. The lowest BCUT2D eigenvalue weighted by Crippen LogP contribution is -2.44. The normalized spacial score (nSPS) is 17.0. The molecule has 9 nitrogen and oxygen atoms in total. The fraction of sp³-hybridized carbons (Fsp3) is 0.591. The van der Waals surface area contributed by atoms with Crippen molar-refractivity contribution in [3.05, 3.63) is 23.8 Å². The average Bonchev–Trinajstić information content (AvgIpc) is 2.86. The van der Waals surface area contributed by atoms with Gasteiger partial charge >= 0.3 is 6.09 Å². The third kappa shape index (κ3) is 7.51. The molecule has 1 aromatic rings. The van der Waals surface area contributed by atoms with Gasteiger partial charge in [0.1, 0.15) is 5.60 Å². The summed E-state index contributed by atoms with van der Waals surface area (Å²) in [4.78, 5) is 40.7. The van der Waals surface area contributed by atoms with E-state index in [0.29, 0.717) is 30.9 Å². The Hall–Kier alpha value is -2.62. The summed E-state index contributed by atoms with van der Waals surface area (Å²) >= 11 is 4.63. The van der Waals surface area contributed by atoms with Crippen LogP contribution in [0.2, 0.25) is 0 Å². The Bertz CT molecular complexity index is 840. The highest BCUT2D eigenvalue weighted by molar-refractivity contribution is 7.80. The van der Waals surface area contributed by atoms with Gasteiger partial charge in [-0.1, -0.05) is 0 Å². The van der Waals surface area contributed by atoms with Crippen molar-refractivity contribution < 1.29 is 19.1 Å². The number of amides is 3. The highest BCUT2D eigenvalue weighted by Crippen LogP contribution is 2.25. The molecule has 178 valence electrons. The molecule has 10 heteroatoms. The summed E-state index contributed by atoms with van der Waals surface area (Å²) in [6.45, 7) is 10.7. The van der Waals surface area contributed by atoms with Crippen molar-refractivity contribution in [2.75, 3.05) is 36.8 Å². The van der Waals surface area contributed by atoms with Gasteiger partial charge in [-0.25, -0.2) is 4.79 Å². The van der Waals surface area contributed by atoms with E-state index in [9.17, 15) is 14.4 Å². The molecule has 0 spiro atoms. The molecule has 32 heavy (non-hydrogen) atoms. The maximum atomic E-state index is 12.6. The first kappa shape index (κ1) is 25.6. The third-order valence-corrected chi connectivity index (χ3v) is 5.15. The number of carbonyl (C=O) groups is 3. The SMILES string of the molecule is CC(C)NC(=O)CNC(=O)c1cc(N2CCCN(C(=O)OC(C)(C)C)C(S)C2)ccc1N. The smallest absolute Gasteiger partial charge is 0.411 e. The molecule has 1 atom stereocenters. The van der Waals surface area contributed by atoms with Crippen LogP contribution in [0.3, 0.4) is 0 Å². The van der Waals surface area contributed by atoms with E-state index in [1.165, 1.54) is 0 Å². The Morgan fingerprint density at radius 2 is 1.94 bits per heavy atom. The molecule has 0 bridgehead atoms. The molecule has 1 aliphatic heterocycles. The molecule has 0 saturated carbocycles. The highest BCUT2D eigenvalue weighted by Gasteiger charge is 2.30. The van der Waals surface area contributed by atoms with Crippen LogP contribution in [0.4, 0.5) is 16.2 Å². The van der Waals surface area contributed by atoms with Gasteiger partial charge in [-0.3, -0.25) is 14.5 Å². The Balaban J connectivity index is 2.09. The van der Waals surface area contributed by atoms with E-state index in [1.54, 1.807) is 17.0 Å². The van der Waals surface area contributed by atoms with E-state index in [2.05, 4.69) is 28.2 Å². The molecule has 1 fully saturated rings. The van der Waals surface area contributed by atoms with E-state index in [0.717, 1.165) is 12.1 Å². The third-order valence-electron chi connectivity index (χ3n) is 4.70. The zero-order chi connectivity index (χ0) is 24.1. The molecular weight excluding hydrogens is 430 g/mol. The summed E-state index contributed by atoms with van der Waals surface area (Å²) in [6.07, 6.45) is 0.328. The number of nitrogen functional groups attached to an aromatic ring is 1. The van der Waals surface area contributed by atoms with Crippen LogP contribution in [0.1, 0.15) is 51.4 Å². The first-order valence-corrected chi connectivity index (χ1v) is 11.3. The lowest BCUT2D eigenvalue weighted by atomic mass is 10.1. The topological polar surface area (TPSA) is 117 Å². The fourth-order valence-corrected chi connectivity index (χ4v) is 3.71. The summed E-state index contributed by atoms with van der Waals surface area (Å²) < 4.78 is 5.50. The molecule has 0 aliphatic carbocycles. The van der Waals surface area contributed by atoms with Crippen LogP contribution in [-0.4, -0.2) is 66.0 Å². The van der Waals surface area contributed by atoms with E-state index >= 15 is 0 Å². The lowest BCUT2D eigenvalue weighted by molar-refractivity contribution is -0.120. The molecule has 1 saturated heterocycles. The predicted octanol–water partition coefficient (Wildman–Crippen LogP) is 2.23. The van der Waals surface area contributed by atoms with Gasteiger partial charge in [-0.05, 0) is 59.2 Å². The zero-order valence-corrected chi connectivity index (χ0v) is 20.4. The quantitative estimate of drug-likeness (QED) is 0.391. The summed E-state index contributed by atoms with van der Waals surface area (Å²) in [5, 5.41) is 4.95. The number of hydrogen-bond donors (Lipinski definition) is 4.